The number of rotatable bonds is 7. The molecule has 11 heteroatoms. The van der Waals surface area contributed by atoms with E-state index < -0.39 is 23.5 Å². The third kappa shape index (κ3) is 7.94. The number of hydrogen-bond acceptors (Lipinski definition) is 4. The van der Waals surface area contributed by atoms with Gasteiger partial charge in [0.25, 0.3) is 0 Å². The zero-order chi connectivity index (χ0) is 46.5. The summed E-state index contributed by atoms with van der Waals surface area (Å²) in [6, 6.07) is 56.5. The summed E-state index contributed by atoms with van der Waals surface area (Å²) in [5.74, 6) is 0.410. The Bertz CT molecular complexity index is 3470. The molecule has 0 bridgehead atoms. The molecule has 0 aliphatic rings. The van der Waals surface area contributed by atoms with E-state index in [2.05, 4.69) is 12.1 Å². The Kier molecular flexibility index (Phi) is 10.5. The second kappa shape index (κ2) is 16.6. The minimum absolute atomic E-state index is 0.308. The van der Waals surface area contributed by atoms with Gasteiger partial charge in [-0.15, -0.1) is 0 Å². The van der Waals surface area contributed by atoms with Crippen LogP contribution in [0.4, 0.5) is 26.3 Å². The van der Waals surface area contributed by atoms with Gasteiger partial charge in [-0.2, -0.15) is 36.9 Å². The summed E-state index contributed by atoms with van der Waals surface area (Å²) in [6.45, 7) is 0. The summed E-state index contributed by atoms with van der Waals surface area (Å²) in [4.78, 5) is 10.0. The number of nitriles is 2. The summed E-state index contributed by atoms with van der Waals surface area (Å²) in [5, 5.41) is 21.2. The van der Waals surface area contributed by atoms with Gasteiger partial charge in [-0.05, 0) is 95.1 Å². The van der Waals surface area contributed by atoms with Crippen molar-refractivity contribution in [3.8, 4) is 85.1 Å². The zero-order valence-corrected chi connectivity index (χ0v) is 34.9. The van der Waals surface area contributed by atoms with Gasteiger partial charge in [0.05, 0.1) is 62.5 Å². The lowest BCUT2D eigenvalue weighted by Crippen LogP contribution is -2.06. The molecule has 10 aromatic rings. The van der Waals surface area contributed by atoms with Gasteiger partial charge >= 0.3 is 12.4 Å². The molecule has 2 heterocycles. The standard InChI is InChI=1S/C56H31F6N5/c57-55(58,59)42-21-16-35(17-22-42)46-29-40(50-31-49(37-9-3-1-4-10-37)65-54(66-50)38-11-5-2-6-12-38)30-47(36-18-23-43(24-19-36)56(60,61)62)53(46)67-51-14-8-7-13-45(51)48-28-39(20-26-52(48)67)44-25-15-34(32-63)27-41(44)33-64/h1-31H. The van der Waals surface area contributed by atoms with E-state index in [1.165, 1.54) is 30.3 Å². The summed E-state index contributed by atoms with van der Waals surface area (Å²) in [6.07, 6.45) is -9.25. The first kappa shape index (κ1) is 42.2. The van der Waals surface area contributed by atoms with Crippen LogP contribution in [-0.4, -0.2) is 14.5 Å². The third-order valence-electron chi connectivity index (χ3n) is 11.8. The molecule has 10 rings (SSSR count). The Morgan fingerprint density at radius 2 is 0.925 bits per heavy atom. The van der Waals surface area contributed by atoms with Crippen molar-refractivity contribution in [2.75, 3.05) is 0 Å². The second-order valence-corrected chi connectivity index (χ2v) is 15.8. The monoisotopic (exact) mass is 887 g/mol. The molecule has 322 valence electrons. The Labute approximate surface area is 379 Å². The van der Waals surface area contributed by atoms with Crippen LogP contribution in [-0.2, 0) is 12.4 Å². The van der Waals surface area contributed by atoms with Crippen molar-refractivity contribution in [3.63, 3.8) is 0 Å². The molecule has 8 aromatic carbocycles. The maximum atomic E-state index is 14.1. The van der Waals surface area contributed by atoms with E-state index in [0.29, 0.717) is 84.0 Å². The van der Waals surface area contributed by atoms with E-state index in [4.69, 9.17) is 9.97 Å². The van der Waals surface area contributed by atoms with Gasteiger partial charge in [-0.3, -0.25) is 0 Å². The lowest BCUT2D eigenvalue weighted by molar-refractivity contribution is -0.138. The quantitative estimate of drug-likeness (QED) is 0.149. The van der Waals surface area contributed by atoms with Crippen LogP contribution in [0.1, 0.15) is 22.3 Å². The maximum absolute atomic E-state index is 14.1. The van der Waals surface area contributed by atoms with E-state index in [9.17, 15) is 36.9 Å². The predicted octanol–water partition coefficient (Wildman–Crippen LogP) is 15.4. The largest absolute Gasteiger partial charge is 0.416 e. The lowest BCUT2D eigenvalue weighted by atomic mass is 9.90. The van der Waals surface area contributed by atoms with Gasteiger partial charge in [-0.25, -0.2) is 9.97 Å². The van der Waals surface area contributed by atoms with E-state index >= 15 is 0 Å². The molecule has 0 spiro atoms. The minimum Gasteiger partial charge on any atom is -0.308 e. The molecule has 0 aliphatic carbocycles. The molecule has 0 aliphatic heterocycles. The fourth-order valence-corrected chi connectivity index (χ4v) is 8.55. The molecule has 0 amide bonds. The smallest absolute Gasteiger partial charge is 0.308 e. The molecule has 0 saturated carbocycles. The molecular weight excluding hydrogens is 857 g/mol. The molecule has 0 radical (unpaired) electrons. The fourth-order valence-electron chi connectivity index (χ4n) is 8.55. The van der Waals surface area contributed by atoms with E-state index in [1.54, 1.807) is 12.1 Å². The van der Waals surface area contributed by atoms with Crippen molar-refractivity contribution in [3.05, 3.63) is 210 Å². The summed E-state index contributed by atoms with van der Waals surface area (Å²) in [5.41, 5.74) is 6.96. The third-order valence-corrected chi connectivity index (χ3v) is 11.8. The van der Waals surface area contributed by atoms with Crippen molar-refractivity contribution in [2.24, 2.45) is 0 Å². The number of nitrogens with zero attached hydrogens (tertiary/aromatic N) is 5. The molecule has 0 saturated heterocycles. The summed E-state index contributed by atoms with van der Waals surface area (Å²) >= 11 is 0. The average Bonchev–Trinajstić information content (AvgIpc) is 3.69. The highest BCUT2D eigenvalue weighted by atomic mass is 19.4. The van der Waals surface area contributed by atoms with Crippen molar-refractivity contribution in [1.29, 1.82) is 10.5 Å². The molecule has 5 nitrogen and oxygen atoms in total. The van der Waals surface area contributed by atoms with Crippen molar-refractivity contribution in [2.45, 2.75) is 12.4 Å². The Balaban J connectivity index is 1.31. The highest BCUT2D eigenvalue weighted by Gasteiger charge is 2.32. The first-order chi connectivity index (χ1) is 32.4. The number of fused-ring (bicyclic) bond motifs is 3. The molecule has 0 fully saturated rings. The van der Waals surface area contributed by atoms with Crippen LogP contribution in [0.2, 0.25) is 0 Å². The van der Waals surface area contributed by atoms with Crippen LogP contribution in [0.15, 0.2) is 188 Å². The normalized spacial score (nSPS) is 11.7. The minimum atomic E-state index is -4.62. The van der Waals surface area contributed by atoms with Crippen molar-refractivity contribution >= 4 is 21.8 Å². The van der Waals surface area contributed by atoms with Crippen molar-refractivity contribution < 1.29 is 26.3 Å². The SMILES string of the molecule is N#Cc1ccc(-c2ccc3c(c2)c2ccccc2n3-c2c(-c3ccc(C(F)(F)F)cc3)cc(-c3cc(-c4ccccc4)nc(-c4ccccc4)n3)cc2-c2ccc(C(F)(F)F)cc2)c(C#N)c1. The Morgan fingerprint density at radius 3 is 1.49 bits per heavy atom. The molecule has 0 unspecified atom stereocenters. The number of alkyl halides is 6. The number of aromatic nitrogens is 3. The van der Waals surface area contributed by atoms with Crippen LogP contribution in [0.5, 0.6) is 0 Å². The highest BCUT2D eigenvalue weighted by molar-refractivity contribution is 6.12. The maximum Gasteiger partial charge on any atom is 0.416 e. The lowest BCUT2D eigenvalue weighted by Gasteiger charge is -2.22. The number of hydrogen-bond donors (Lipinski definition) is 0. The molecule has 0 N–H and O–H groups in total. The van der Waals surface area contributed by atoms with E-state index in [1.807, 2.05) is 126 Å². The van der Waals surface area contributed by atoms with Gasteiger partial charge in [0.2, 0.25) is 0 Å². The average molecular weight is 888 g/mol. The van der Waals surface area contributed by atoms with Gasteiger partial charge in [0.15, 0.2) is 5.82 Å². The predicted molar refractivity (Wildman–Crippen MR) is 248 cm³/mol. The van der Waals surface area contributed by atoms with Gasteiger partial charge in [0.1, 0.15) is 0 Å². The molecular formula is C56H31F6N5. The molecule has 2 aromatic heterocycles. The van der Waals surface area contributed by atoms with Crippen LogP contribution in [0.3, 0.4) is 0 Å². The summed E-state index contributed by atoms with van der Waals surface area (Å²) < 4.78 is 86.7. The van der Waals surface area contributed by atoms with Gasteiger partial charge in [0, 0.05) is 38.6 Å². The van der Waals surface area contributed by atoms with Crippen LogP contribution in [0, 0.1) is 22.7 Å². The van der Waals surface area contributed by atoms with Gasteiger partial charge < -0.3 is 4.57 Å². The Morgan fingerprint density at radius 1 is 0.403 bits per heavy atom. The first-order valence-corrected chi connectivity index (χ1v) is 20.9. The summed E-state index contributed by atoms with van der Waals surface area (Å²) in [7, 11) is 0. The first-order valence-electron chi connectivity index (χ1n) is 20.9. The zero-order valence-electron chi connectivity index (χ0n) is 34.9. The highest BCUT2D eigenvalue weighted by Crippen LogP contribution is 2.46. The molecule has 67 heavy (non-hydrogen) atoms. The van der Waals surface area contributed by atoms with Crippen LogP contribution >= 0.6 is 0 Å². The Hall–Kier alpha value is -8.80. The van der Waals surface area contributed by atoms with Gasteiger partial charge in [-0.1, -0.05) is 115 Å². The van der Waals surface area contributed by atoms with Crippen LogP contribution < -0.4 is 0 Å². The van der Waals surface area contributed by atoms with Crippen LogP contribution in [0.25, 0.3) is 94.8 Å². The van der Waals surface area contributed by atoms with Crippen molar-refractivity contribution in [1.82, 2.24) is 14.5 Å². The fraction of sp³-hybridized carbons (Fsp3) is 0.0357. The van der Waals surface area contributed by atoms with E-state index in [-0.39, 0.29) is 0 Å². The topological polar surface area (TPSA) is 78.3 Å². The number of para-hydroxylation sites is 1. The number of benzene rings is 8. The second-order valence-electron chi connectivity index (χ2n) is 15.8. The number of halogens is 6. The molecule has 0 atom stereocenters. The van der Waals surface area contributed by atoms with E-state index in [0.717, 1.165) is 46.2 Å².